The Bertz CT molecular complexity index is 759. The van der Waals surface area contributed by atoms with Crippen molar-refractivity contribution in [2.75, 3.05) is 19.6 Å². The van der Waals surface area contributed by atoms with Crippen molar-refractivity contribution in [3.05, 3.63) is 64.9 Å². The van der Waals surface area contributed by atoms with E-state index in [2.05, 4.69) is 34.6 Å². The molecule has 1 aromatic carbocycles. The summed E-state index contributed by atoms with van der Waals surface area (Å²) in [6.07, 6.45) is 4.51. The smallest absolute Gasteiger partial charge is 0.270 e. The van der Waals surface area contributed by atoms with Crippen molar-refractivity contribution in [3.8, 4) is 0 Å². The lowest BCUT2D eigenvalue weighted by molar-refractivity contribution is -0.131. The lowest BCUT2D eigenvalue weighted by Gasteiger charge is -2.32. The number of hydrogen-bond acceptors (Lipinski definition) is 3. The fourth-order valence-electron chi connectivity index (χ4n) is 3.22. The molecule has 2 aromatic rings. The molecule has 2 heterocycles. The molecule has 0 radical (unpaired) electrons. The number of piperidine rings is 1. The Morgan fingerprint density at radius 2 is 1.88 bits per heavy atom. The molecule has 2 amide bonds. The number of benzene rings is 1. The first-order valence-corrected chi connectivity index (χ1v) is 9.21. The third kappa shape index (κ3) is 5.05. The number of carbonyl (C=O) groups is 2. The molecule has 26 heavy (non-hydrogen) atoms. The van der Waals surface area contributed by atoms with E-state index >= 15 is 0 Å². The van der Waals surface area contributed by atoms with Gasteiger partial charge in [-0.1, -0.05) is 41.9 Å². The van der Waals surface area contributed by atoms with Gasteiger partial charge in [-0.25, -0.2) is 0 Å². The van der Waals surface area contributed by atoms with Crippen molar-refractivity contribution in [2.24, 2.45) is 5.92 Å². The predicted octanol–water partition coefficient (Wildman–Crippen LogP) is 2.95. The quantitative estimate of drug-likeness (QED) is 0.878. The minimum Gasteiger partial charge on any atom is -0.342 e. The number of rotatable bonds is 5. The molecule has 3 rings (SSSR count). The maximum Gasteiger partial charge on any atom is 0.270 e. The third-order valence-corrected chi connectivity index (χ3v) is 4.92. The van der Waals surface area contributed by atoms with Crippen LogP contribution >= 0.6 is 11.6 Å². The number of halogens is 1. The normalized spacial score (nSPS) is 14.9. The number of likely N-dealkylation sites (tertiary alicyclic amines) is 1. The summed E-state index contributed by atoms with van der Waals surface area (Å²) in [7, 11) is 0. The van der Waals surface area contributed by atoms with E-state index < -0.39 is 0 Å². The van der Waals surface area contributed by atoms with Gasteiger partial charge in [0.15, 0.2) is 0 Å². The Morgan fingerprint density at radius 3 is 2.58 bits per heavy atom. The van der Waals surface area contributed by atoms with Crippen LogP contribution in [0.2, 0.25) is 5.02 Å². The van der Waals surface area contributed by atoms with Crippen molar-refractivity contribution in [2.45, 2.75) is 19.3 Å². The largest absolute Gasteiger partial charge is 0.342 e. The molecule has 0 aliphatic carbocycles. The predicted molar refractivity (Wildman–Crippen MR) is 101 cm³/mol. The van der Waals surface area contributed by atoms with Gasteiger partial charge < -0.3 is 10.2 Å². The summed E-state index contributed by atoms with van der Waals surface area (Å²) >= 11 is 5.85. The molecule has 0 spiro atoms. The van der Waals surface area contributed by atoms with E-state index in [1.54, 1.807) is 6.07 Å². The molecule has 136 valence electrons. The Morgan fingerprint density at radius 1 is 1.15 bits per heavy atom. The van der Waals surface area contributed by atoms with Crippen LogP contribution in [-0.4, -0.2) is 41.3 Å². The molecule has 5 nitrogen and oxygen atoms in total. The number of aromatic nitrogens is 1. The van der Waals surface area contributed by atoms with Crippen LogP contribution in [0.5, 0.6) is 0 Å². The number of nitrogens with zero attached hydrogens (tertiary/aromatic N) is 2. The summed E-state index contributed by atoms with van der Waals surface area (Å²) in [5.74, 6) is 0.157. The molecule has 1 aliphatic rings. The number of hydrogen-bond donors (Lipinski definition) is 1. The second-order valence-electron chi connectivity index (χ2n) is 6.56. The maximum absolute atomic E-state index is 12.3. The minimum absolute atomic E-state index is 0.0175. The fraction of sp³-hybridized carbons (Fsp3) is 0.350. The van der Waals surface area contributed by atoms with Gasteiger partial charge >= 0.3 is 0 Å². The van der Waals surface area contributed by atoms with Crippen LogP contribution in [0.4, 0.5) is 0 Å². The first-order chi connectivity index (χ1) is 12.6. The summed E-state index contributed by atoms with van der Waals surface area (Å²) in [4.78, 5) is 30.2. The zero-order valence-electron chi connectivity index (χ0n) is 14.5. The molecular weight excluding hydrogens is 350 g/mol. The Kier molecular flexibility index (Phi) is 6.23. The summed E-state index contributed by atoms with van der Waals surface area (Å²) in [6.45, 7) is 1.46. The van der Waals surface area contributed by atoms with Gasteiger partial charge in [0.05, 0.1) is 6.54 Å². The molecule has 1 fully saturated rings. The van der Waals surface area contributed by atoms with Gasteiger partial charge in [-0.2, -0.15) is 0 Å². The van der Waals surface area contributed by atoms with E-state index in [9.17, 15) is 9.59 Å². The topological polar surface area (TPSA) is 62.3 Å². The fourth-order valence-corrected chi connectivity index (χ4v) is 3.38. The third-order valence-electron chi connectivity index (χ3n) is 4.69. The van der Waals surface area contributed by atoms with Crippen LogP contribution < -0.4 is 5.32 Å². The van der Waals surface area contributed by atoms with E-state index in [4.69, 9.17) is 11.6 Å². The van der Waals surface area contributed by atoms with E-state index in [0.717, 1.165) is 32.4 Å². The number of pyridine rings is 1. The number of amides is 2. The van der Waals surface area contributed by atoms with Crippen LogP contribution in [-0.2, 0) is 11.2 Å². The molecule has 0 saturated carbocycles. The maximum atomic E-state index is 12.3. The van der Waals surface area contributed by atoms with Gasteiger partial charge in [-0.05, 0) is 42.9 Å². The Labute approximate surface area is 158 Å². The summed E-state index contributed by atoms with van der Waals surface area (Å²) in [6, 6.07) is 13.5. The van der Waals surface area contributed by atoms with Crippen molar-refractivity contribution in [1.29, 1.82) is 0 Å². The number of carbonyl (C=O) groups excluding carboxylic acids is 2. The summed E-state index contributed by atoms with van der Waals surface area (Å²) < 4.78 is 0. The molecule has 0 bridgehead atoms. The van der Waals surface area contributed by atoms with Crippen LogP contribution in [0.1, 0.15) is 28.9 Å². The van der Waals surface area contributed by atoms with Crippen LogP contribution in [0.25, 0.3) is 0 Å². The van der Waals surface area contributed by atoms with E-state index in [1.807, 2.05) is 11.0 Å². The average molecular weight is 372 g/mol. The Balaban J connectivity index is 1.43. The molecule has 1 saturated heterocycles. The van der Waals surface area contributed by atoms with Gasteiger partial charge in [0.25, 0.3) is 5.91 Å². The Hall–Kier alpha value is -2.40. The van der Waals surface area contributed by atoms with Gasteiger partial charge in [0.1, 0.15) is 5.69 Å². The van der Waals surface area contributed by atoms with Crippen molar-refractivity contribution < 1.29 is 9.59 Å². The van der Waals surface area contributed by atoms with Gasteiger partial charge in [0.2, 0.25) is 5.91 Å². The zero-order chi connectivity index (χ0) is 18.4. The highest BCUT2D eigenvalue weighted by Crippen LogP contribution is 2.21. The van der Waals surface area contributed by atoms with Gasteiger partial charge in [0, 0.05) is 24.3 Å². The molecule has 1 aliphatic heterocycles. The summed E-state index contributed by atoms with van der Waals surface area (Å²) in [5, 5.41) is 3.06. The van der Waals surface area contributed by atoms with Crippen molar-refractivity contribution >= 4 is 23.4 Å². The lowest BCUT2D eigenvalue weighted by atomic mass is 9.90. The summed E-state index contributed by atoms with van der Waals surface area (Å²) in [5.41, 5.74) is 1.56. The zero-order valence-corrected chi connectivity index (χ0v) is 15.3. The molecule has 1 aromatic heterocycles. The van der Waals surface area contributed by atoms with Crippen molar-refractivity contribution in [3.63, 3.8) is 0 Å². The molecule has 1 N–H and O–H groups in total. The highest BCUT2D eigenvalue weighted by atomic mass is 35.5. The monoisotopic (exact) mass is 371 g/mol. The molecule has 0 unspecified atom stereocenters. The van der Waals surface area contributed by atoms with Crippen LogP contribution in [0, 0.1) is 5.92 Å². The van der Waals surface area contributed by atoms with E-state index in [-0.39, 0.29) is 24.1 Å². The van der Waals surface area contributed by atoms with Crippen LogP contribution in [0.15, 0.2) is 48.7 Å². The van der Waals surface area contributed by atoms with Crippen molar-refractivity contribution in [1.82, 2.24) is 15.2 Å². The molecular formula is C20H22ClN3O2. The first-order valence-electron chi connectivity index (χ1n) is 8.83. The highest BCUT2D eigenvalue weighted by Gasteiger charge is 2.23. The van der Waals surface area contributed by atoms with E-state index in [1.165, 1.54) is 17.8 Å². The van der Waals surface area contributed by atoms with E-state index in [0.29, 0.717) is 10.9 Å². The SMILES string of the molecule is O=C(NCC(=O)N1CCC(Cc2ccccc2)CC1)c1cc(Cl)ccn1. The second-order valence-corrected chi connectivity index (χ2v) is 6.99. The minimum atomic E-state index is -0.389. The van der Waals surface area contributed by atoms with Crippen LogP contribution in [0.3, 0.4) is 0 Å². The number of nitrogens with one attached hydrogen (secondary N) is 1. The molecule has 0 atom stereocenters. The highest BCUT2D eigenvalue weighted by molar-refractivity contribution is 6.30. The lowest BCUT2D eigenvalue weighted by Crippen LogP contribution is -2.44. The van der Waals surface area contributed by atoms with Gasteiger partial charge in [-0.3, -0.25) is 14.6 Å². The second kappa shape index (κ2) is 8.81. The molecule has 6 heteroatoms. The van der Waals surface area contributed by atoms with Gasteiger partial charge in [-0.15, -0.1) is 0 Å². The first kappa shape index (κ1) is 18.4. The standard InChI is InChI=1S/C20H22ClN3O2/c21-17-6-9-22-18(13-17)20(26)23-14-19(25)24-10-7-16(8-11-24)12-15-4-2-1-3-5-15/h1-6,9,13,16H,7-8,10-12,14H2,(H,23,26). The average Bonchev–Trinajstić information content (AvgIpc) is 2.67.